The van der Waals surface area contributed by atoms with Crippen LogP contribution >= 0.6 is 0 Å². The zero-order valence-corrected chi connectivity index (χ0v) is 16.3. The molecule has 2 aromatic carbocycles. The second kappa shape index (κ2) is 8.68. The van der Waals surface area contributed by atoms with Crippen molar-refractivity contribution in [3.63, 3.8) is 0 Å². The molecule has 0 fully saturated rings. The van der Waals surface area contributed by atoms with Gasteiger partial charge < -0.3 is 10.6 Å². The Kier molecular flexibility index (Phi) is 6.57. The molecule has 0 aromatic heterocycles. The first-order chi connectivity index (χ1) is 12.7. The summed E-state index contributed by atoms with van der Waals surface area (Å²) in [6, 6.07) is 14.9. The maximum Gasteiger partial charge on any atom is 0.253 e. The maximum atomic E-state index is 12.5. The van der Waals surface area contributed by atoms with Gasteiger partial charge in [0.1, 0.15) is 6.54 Å². The smallest absolute Gasteiger partial charge is 0.253 e. The quantitative estimate of drug-likeness (QED) is 0.759. The number of nitrogens with zero attached hydrogens (tertiary/aromatic N) is 1. The van der Waals surface area contributed by atoms with Gasteiger partial charge in [-0.15, -0.1) is 0 Å². The number of hydrogen-bond acceptors (Lipinski definition) is 4. The first-order valence-electron chi connectivity index (χ1n) is 8.41. The van der Waals surface area contributed by atoms with Crippen molar-refractivity contribution in [2.45, 2.75) is 19.9 Å². The molecular formula is C19H23N3O4S. The first-order valence-corrected chi connectivity index (χ1v) is 10.3. The van der Waals surface area contributed by atoms with E-state index in [1.165, 1.54) is 0 Å². The van der Waals surface area contributed by atoms with E-state index >= 15 is 0 Å². The average Bonchev–Trinajstić information content (AvgIpc) is 2.59. The second-order valence-electron chi connectivity index (χ2n) is 6.33. The summed E-state index contributed by atoms with van der Waals surface area (Å²) in [6.45, 7) is 3.27. The van der Waals surface area contributed by atoms with E-state index in [1.54, 1.807) is 54.6 Å². The number of rotatable bonds is 7. The fourth-order valence-electron chi connectivity index (χ4n) is 2.44. The third kappa shape index (κ3) is 5.82. The number of sulfonamides is 1. The van der Waals surface area contributed by atoms with Crippen molar-refractivity contribution in [1.29, 1.82) is 0 Å². The van der Waals surface area contributed by atoms with E-state index in [0.717, 1.165) is 10.6 Å². The molecule has 27 heavy (non-hydrogen) atoms. The number of amides is 2. The Labute approximate surface area is 159 Å². The second-order valence-corrected chi connectivity index (χ2v) is 8.23. The van der Waals surface area contributed by atoms with E-state index in [1.807, 2.05) is 13.8 Å². The van der Waals surface area contributed by atoms with Crippen LogP contribution in [0.25, 0.3) is 0 Å². The molecule has 8 heteroatoms. The molecule has 144 valence electrons. The van der Waals surface area contributed by atoms with Gasteiger partial charge in [-0.2, -0.15) is 0 Å². The lowest BCUT2D eigenvalue weighted by Crippen LogP contribution is -2.38. The van der Waals surface area contributed by atoms with Crippen LogP contribution in [0.2, 0.25) is 0 Å². The Hall–Kier alpha value is -2.87. The number of hydrogen-bond donors (Lipinski definition) is 2. The molecule has 2 rings (SSSR count). The molecule has 0 saturated carbocycles. The zero-order valence-electron chi connectivity index (χ0n) is 15.5. The molecule has 2 amide bonds. The van der Waals surface area contributed by atoms with E-state index in [4.69, 9.17) is 0 Å². The number of anilines is 2. The van der Waals surface area contributed by atoms with Gasteiger partial charge in [-0.3, -0.25) is 13.9 Å². The van der Waals surface area contributed by atoms with Crippen LogP contribution in [0.15, 0.2) is 54.6 Å². The predicted octanol–water partition coefficient (Wildman–Crippen LogP) is 2.23. The lowest BCUT2D eigenvalue weighted by molar-refractivity contribution is -0.114. The van der Waals surface area contributed by atoms with Crippen LogP contribution in [-0.4, -0.2) is 39.1 Å². The van der Waals surface area contributed by atoms with Gasteiger partial charge in [0.2, 0.25) is 15.9 Å². The highest BCUT2D eigenvalue weighted by molar-refractivity contribution is 7.92. The molecule has 0 aliphatic heterocycles. The van der Waals surface area contributed by atoms with Gasteiger partial charge in [0.15, 0.2) is 0 Å². The van der Waals surface area contributed by atoms with Crippen LogP contribution in [0.5, 0.6) is 0 Å². The third-order valence-corrected chi connectivity index (χ3v) is 4.74. The summed E-state index contributed by atoms with van der Waals surface area (Å²) in [5.41, 5.74) is 1.02. The van der Waals surface area contributed by atoms with Crippen LogP contribution in [0.4, 0.5) is 11.4 Å². The van der Waals surface area contributed by atoms with Crippen molar-refractivity contribution in [2.24, 2.45) is 0 Å². The molecule has 0 atom stereocenters. The molecule has 2 N–H and O–H groups in total. The van der Waals surface area contributed by atoms with E-state index in [9.17, 15) is 18.0 Å². The highest BCUT2D eigenvalue weighted by Crippen LogP contribution is 2.18. The molecule has 7 nitrogen and oxygen atoms in total. The molecule has 0 saturated heterocycles. The summed E-state index contributed by atoms with van der Waals surface area (Å²) < 4.78 is 25.2. The predicted molar refractivity (Wildman–Crippen MR) is 106 cm³/mol. The highest BCUT2D eigenvalue weighted by atomic mass is 32.2. The standard InChI is InChI=1S/C19H23N3O4S/c1-14(2)20-19(24)16-11-7-8-12-17(16)21-18(23)13-22(27(3,25)26)15-9-5-4-6-10-15/h4-12,14H,13H2,1-3H3,(H,20,24)(H,21,23). The van der Waals surface area contributed by atoms with Crippen molar-refractivity contribution < 1.29 is 18.0 Å². The summed E-state index contributed by atoms with van der Waals surface area (Å²) >= 11 is 0. The van der Waals surface area contributed by atoms with Gasteiger partial charge in [0.25, 0.3) is 5.91 Å². The van der Waals surface area contributed by atoms with Gasteiger partial charge in [0, 0.05) is 6.04 Å². The first kappa shape index (κ1) is 20.4. The van der Waals surface area contributed by atoms with Crippen molar-refractivity contribution in [3.05, 3.63) is 60.2 Å². The van der Waals surface area contributed by atoms with Gasteiger partial charge >= 0.3 is 0 Å². The number of carbonyl (C=O) groups excluding carboxylic acids is 2. The van der Waals surface area contributed by atoms with E-state index in [0.29, 0.717) is 16.9 Å². The number of benzene rings is 2. The molecule has 0 heterocycles. The Morgan fingerprint density at radius 2 is 1.59 bits per heavy atom. The van der Waals surface area contributed by atoms with E-state index < -0.39 is 22.5 Å². The van der Waals surface area contributed by atoms with Crippen LogP contribution in [0.1, 0.15) is 24.2 Å². The Bertz CT molecular complexity index is 912. The van der Waals surface area contributed by atoms with Crippen molar-refractivity contribution in [3.8, 4) is 0 Å². The number of nitrogens with one attached hydrogen (secondary N) is 2. The van der Waals surface area contributed by atoms with Gasteiger partial charge in [-0.05, 0) is 38.1 Å². The third-order valence-electron chi connectivity index (χ3n) is 3.60. The zero-order chi connectivity index (χ0) is 20.0. The minimum absolute atomic E-state index is 0.0555. The minimum atomic E-state index is -3.65. The van der Waals surface area contributed by atoms with Crippen LogP contribution in [0.3, 0.4) is 0 Å². The highest BCUT2D eigenvalue weighted by Gasteiger charge is 2.21. The number of carbonyl (C=O) groups is 2. The Morgan fingerprint density at radius 1 is 1.00 bits per heavy atom. The van der Waals surface area contributed by atoms with E-state index in [-0.39, 0.29) is 11.9 Å². The topological polar surface area (TPSA) is 95.6 Å². The fourth-order valence-corrected chi connectivity index (χ4v) is 3.30. The van der Waals surface area contributed by atoms with Crippen LogP contribution < -0.4 is 14.9 Å². The minimum Gasteiger partial charge on any atom is -0.350 e. The van der Waals surface area contributed by atoms with Crippen LogP contribution in [0, 0.1) is 0 Å². The maximum absolute atomic E-state index is 12.5. The lowest BCUT2D eigenvalue weighted by atomic mass is 10.1. The number of para-hydroxylation sites is 2. The molecule has 0 aliphatic rings. The summed E-state index contributed by atoms with van der Waals surface area (Å²) in [6.07, 6.45) is 1.04. The molecule has 2 aromatic rings. The normalized spacial score (nSPS) is 11.1. The fraction of sp³-hybridized carbons (Fsp3) is 0.263. The molecule has 0 unspecified atom stereocenters. The summed E-state index contributed by atoms with van der Waals surface area (Å²) in [5.74, 6) is -0.863. The molecule has 0 aliphatic carbocycles. The van der Waals surface area contributed by atoms with Crippen molar-refractivity contribution in [1.82, 2.24) is 5.32 Å². The monoisotopic (exact) mass is 389 g/mol. The lowest BCUT2D eigenvalue weighted by Gasteiger charge is -2.22. The van der Waals surface area contributed by atoms with E-state index in [2.05, 4.69) is 10.6 Å². The Balaban J connectivity index is 2.21. The van der Waals surface area contributed by atoms with Gasteiger partial charge in [-0.25, -0.2) is 8.42 Å². The summed E-state index contributed by atoms with van der Waals surface area (Å²) in [5, 5.41) is 5.40. The van der Waals surface area contributed by atoms with Crippen molar-refractivity contribution >= 4 is 33.2 Å². The SMILES string of the molecule is CC(C)NC(=O)c1ccccc1NC(=O)CN(c1ccccc1)S(C)(=O)=O. The largest absolute Gasteiger partial charge is 0.350 e. The Morgan fingerprint density at radius 3 is 2.19 bits per heavy atom. The molecule has 0 radical (unpaired) electrons. The molecule has 0 bridgehead atoms. The summed E-state index contributed by atoms with van der Waals surface area (Å²) in [4.78, 5) is 24.8. The average molecular weight is 389 g/mol. The van der Waals surface area contributed by atoms with Crippen LogP contribution in [-0.2, 0) is 14.8 Å². The molecule has 0 spiro atoms. The summed E-state index contributed by atoms with van der Waals surface area (Å²) in [7, 11) is -3.65. The van der Waals surface area contributed by atoms with Gasteiger partial charge in [0.05, 0.1) is 23.2 Å². The van der Waals surface area contributed by atoms with Gasteiger partial charge in [-0.1, -0.05) is 30.3 Å². The van der Waals surface area contributed by atoms with Crippen molar-refractivity contribution in [2.75, 3.05) is 22.4 Å². The molecular weight excluding hydrogens is 366 g/mol.